The molecule has 0 aromatic heterocycles. The second-order valence-electron chi connectivity index (χ2n) is 1.80. The van der Waals surface area contributed by atoms with Crippen molar-refractivity contribution in [3.05, 3.63) is 30.3 Å². The maximum Gasteiger partial charge on any atom is 0.232 e. The molecular weight excluding hydrogens is 294 g/mol. The highest BCUT2D eigenvalue weighted by Gasteiger charge is 2.00. The third-order valence-corrected chi connectivity index (χ3v) is 4.40. The van der Waals surface area contributed by atoms with Crippen molar-refractivity contribution in [1.82, 2.24) is 0 Å². The van der Waals surface area contributed by atoms with E-state index < -0.39 is 8.03 Å². The van der Waals surface area contributed by atoms with Crippen LogP contribution in [0.15, 0.2) is 30.3 Å². The molecule has 0 saturated carbocycles. The smallest absolute Gasteiger partial charge is 0.232 e. The van der Waals surface area contributed by atoms with E-state index in [1.54, 1.807) is 12.1 Å². The number of benzene rings is 1. The van der Waals surface area contributed by atoms with E-state index in [0.717, 1.165) is 14.5 Å². The largest absolute Gasteiger partial charge is 0.290 e. The highest BCUT2D eigenvalue weighted by atomic mass is 127. The molecule has 60 valence electrons. The van der Waals surface area contributed by atoms with Gasteiger partial charge in [-0.05, 0) is 12.1 Å². The first-order valence-electron chi connectivity index (χ1n) is 2.89. The van der Waals surface area contributed by atoms with Crippen LogP contribution in [0.1, 0.15) is 0 Å². The molecule has 1 atom stereocenters. The van der Waals surface area contributed by atoms with Crippen LogP contribution < -0.4 is 5.30 Å². The molecule has 0 amide bonds. The van der Waals surface area contributed by atoms with Crippen LogP contribution in [0.2, 0.25) is 0 Å². The Morgan fingerprint density at radius 2 is 2.00 bits per heavy atom. The van der Waals surface area contributed by atoms with E-state index in [-0.39, 0.29) is 0 Å². The van der Waals surface area contributed by atoms with Gasteiger partial charge in [0.05, 0.1) is 9.21 Å². The van der Waals surface area contributed by atoms with Crippen molar-refractivity contribution >= 4 is 43.8 Å². The van der Waals surface area contributed by atoms with Crippen LogP contribution in [0, 0.1) is 0 Å². The lowest BCUT2D eigenvalue weighted by Crippen LogP contribution is -1.92. The third-order valence-electron chi connectivity index (χ3n) is 1.12. The summed E-state index contributed by atoms with van der Waals surface area (Å²) >= 11 is 1.95. The Bertz CT molecular complexity index is 242. The Morgan fingerprint density at radius 1 is 1.36 bits per heavy atom. The Labute approximate surface area is 82.4 Å². The number of hydrogen-bond acceptors (Lipinski definition) is 3. The first-order valence-corrected chi connectivity index (χ1v) is 7.49. The zero-order valence-corrected chi connectivity index (χ0v) is 9.46. The summed E-state index contributed by atoms with van der Waals surface area (Å²) in [6.45, 7) is 0. The zero-order valence-electron chi connectivity index (χ0n) is 5.49. The minimum Gasteiger partial charge on any atom is -0.290 e. The van der Waals surface area contributed by atoms with Crippen molar-refractivity contribution in [2.75, 3.05) is 0 Å². The highest BCUT2D eigenvalue weighted by molar-refractivity contribution is 14.2. The molecule has 0 aliphatic heterocycles. The van der Waals surface area contributed by atoms with E-state index >= 15 is 0 Å². The Balaban J connectivity index is 2.69. The average molecular weight is 300 g/mol. The minimum absolute atomic E-state index is 0.765. The molecule has 1 rings (SSSR count). The summed E-state index contributed by atoms with van der Waals surface area (Å²) in [5, 5.41) is 0.765. The fraction of sp³-hybridized carbons (Fsp3) is 0. The van der Waals surface area contributed by atoms with Crippen LogP contribution in [0.3, 0.4) is 0 Å². The van der Waals surface area contributed by atoms with E-state index in [0.29, 0.717) is 0 Å². The molecule has 0 heterocycles. The standard InChI is InChI=1S/C6H6IO2PS/c7-11-9-10(8)6-4-2-1-3-5-6/h1-5,10H. The summed E-state index contributed by atoms with van der Waals surface area (Å²) in [4.78, 5) is 0. The monoisotopic (exact) mass is 300 g/mol. The molecule has 2 nitrogen and oxygen atoms in total. The predicted octanol–water partition coefficient (Wildman–Crippen LogP) is 2.80. The van der Waals surface area contributed by atoms with Gasteiger partial charge in [0.25, 0.3) is 0 Å². The number of rotatable bonds is 3. The number of halogens is 1. The summed E-state index contributed by atoms with van der Waals surface area (Å²) in [6, 6.07) is 9.18. The van der Waals surface area contributed by atoms with E-state index in [2.05, 4.69) is 0 Å². The maximum absolute atomic E-state index is 11.2. The van der Waals surface area contributed by atoms with Crippen molar-refractivity contribution in [2.24, 2.45) is 0 Å². The lowest BCUT2D eigenvalue weighted by molar-refractivity contribution is 0.545. The van der Waals surface area contributed by atoms with Gasteiger partial charge in [-0.3, -0.25) is 4.57 Å². The Kier molecular flexibility index (Phi) is 4.52. The van der Waals surface area contributed by atoms with Gasteiger partial charge in [0.2, 0.25) is 8.03 Å². The lowest BCUT2D eigenvalue weighted by atomic mass is 10.4. The van der Waals surface area contributed by atoms with Crippen LogP contribution in [0.4, 0.5) is 0 Å². The molecule has 11 heavy (non-hydrogen) atoms. The van der Waals surface area contributed by atoms with Crippen LogP contribution in [0.25, 0.3) is 0 Å². The van der Waals surface area contributed by atoms with Crippen LogP contribution in [-0.4, -0.2) is 0 Å². The van der Waals surface area contributed by atoms with Gasteiger partial charge >= 0.3 is 0 Å². The third kappa shape index (κ3) is 3.15. The van der Waals surface area contributed by atoms with Crippen molar-refractivity contribution in [1.29, 1.82) is 0 Å². The van der Waals surface area contributed by atoms with E-state index in [4.69, 9.17) is 3.97 Å². The molecule has 0 spiro atoms. The van der Waals surface area contributed by atoms with Gasteiger partial charge in [0.1, 0.15) is 0 Å². The lowest BCUT2D eigenvalue weighted by Gasteiger charge is -1.97. The van der Waals surface area contributed by atoms with Crippen LogP contribution in [0.5, 0.6) is 0 Å². The van der Waals surface area contributed by atoms with E-state index in [1.165, 1.54) is 0 Å². The molecule has 1 aromatic carbocycles. The molecule has 0 aliphatic carbocycles. The van der Waals surface area contributed by atoms with Crippen LogP contribution >= 0.6 is 38.4 Å². The number of hydrogen-bond donors (Lipinski definition) is 0. The quantitative estimate of drug-likeness (QED) is 0.488. The van der Waals surface area contributed by atoms with Crippen molar-refractivity contribution in [3.63, 3.8) is 0 Å². The van der Waals surface area contributed by atoms with Gasteiger partial charge in [0.15, 0.2) is 0 Å². The SMILES string of the molecule is O=[PH](OSI)c1ccccc1. The predicted molar refractivity (Wildman–Crippen MR) is 57.8 cm³/mol. The van der Waals surface area contributed by atoms with E-state index in [9.17, 15) is 4.57 Å². The van der Waals surface area contributed by atoms with Gasteiger partial charge in [-0.15, -0.1) is 0 Å². The van der Waals surface area contributed by atoms with Crippen LogP contribution in [-0.2, 0) is 8.54 Å². The molecule has 0 N–H and O–H groups in total. The molecule has 1 aromatic rings. The van der Waals surface area contributed by atoms with E-state index in [1.807, 2.05) is 39.4 Å². The first kappa shape index (κ1) is 9.58. The maximum atomic E-state index is 11.2. The molecule has 1 unspecified atom stereocenters. The summed E-state index contributed by atoms with van der Waals surface area (Å²) in [7, 11) is -0.905. The normalized spacial score (nSPS) is 12.8. The molecular formula is C6H6IO2PS. The zero-order chi connectivity index (χ0) is 8.10. The summed E-state index contributed by atoms with van der Waals surface area (Å²) in [6.07, 6.45) is 0. The molecule has 0 radical (unpaired) electrons. The topological polar surface area (TPSA) is 26.3 Å². The molecule has 0 fully saturated rings. The fourth-order valence-electron chi connectivity index (χ4n) is 0.651. The van der Waals surface area contributed by atoms with Crippen molar-refractivity contribution in [3.8, 4) is 0 Å². The Morgan fingerprint density at radius 3 is 2.55 bits per heavy atom. The molecule has 0 aliphatic rings. The minimum atomic E-state index is -2.01. The fourth-order valence-corrected chi connectivity index (χ4v) is 3.20. The van der Waals surface area contributed by atoms with Gasteiger partial charge in [-0.1, -0.05) is 18.2 Å². The van der Waals surface area contributed by atoms with Gasteiger partial charge in [-0.25, -0.2) is 3.97 Å². The van der Waals surface area contributed by atoms with Gasteiger partial charge < -0.3 is 0 Å². The highest BCUT2D eigenvalue weighted by Crippen LogP contribution is 2.31. The molecule has 0 bridgehead atoms. The first-order chi connectivity index (χ1) is 5.34. The van der Waals surface area contributed by atoms with Gasteiger partial charge in [0, 0.05) is 26.5 Å². The summed E-state index contributed by atoms with van der Waals surface area (Å²) in [5.41, 5.74) is 0. The second kappa shape index (κ2) is 5.19. The molecule has 0 saturated heterocycles. The summed E-state index contributed by atoms with van der Waals surface area (Å²) in [5.74, 6) is 0. The second-order valence-corrected chi connectivity index (χ2v) is 4.82. The van der Waals surface area contributed by atoms with Gasteiger partial charge in [-0.2, -0.15) is 0 Å². The average Bonchev–Trinajstić information content (AvgIpc) is 2.07. The van der Waals surface area contributed by atoms with Crippen molar-refractivity contribution in [2.45, 2.75) is 0 Å². The summed E-state index contributed by atoms with van der Waals surface area (Å²) < 4.78 is 16.1. The molecule has 5 heteroatoms. The Hall–Kier alpha value is 0.490. The van der Waals surface area contributed by atoms with Crippen molar-refractivity contribution < 1.29 is 8.54 Å².